The molecule has 1 aromatic heterocycles. The summed E-state index contributed by atoms with van der Waals surface area (Å²) in [4.78, 5) is 26.7. The highest BCUT2D eigenvalue weighted by molar-refractivity contribution is 5.67. The number of aryl methyl sites for hydroxylation is 1. The van der Waals surface area contributed by atoms with Gasteiger partial charge in [0.2, 0.25) is 0 Å². The highest BCUT2D eigenvalue weighted by Gasteiger charge is 2.14. The van der Waals surface area contributed by atoms with Gasteiger partial charge in [0.15, 0.2) is 0 Å². The molecular weight excluding hydrogens is 260 g/mol. The normalized spacial score (nSPS) is 12.4. The molecule has 0 aromatic carbocycles. The molecule has 1 rings (SSSR count). The second-order valence-corrected chi connectivity index (χ2v) is 4.81. The van der Waals surface area contributed by atoms with Crippen molar-refractivity contribution in [3.63, 3.8) is 0 Å². The van der Waals surface area contributed by atoms with Gasteiger partial charge in [-0.2, -0.15) is 4.98 Å². The molecule has 1 unspecified atom stereocenters. The molecule has 1 atom stereocenters. The second kappa shape index (κ2) is 7.19. The lowest BCUT2D eigenvalue weighted by Crippen LogP contribution is -2.32. The molecule has 6 heteroatoms. The Labute approximate surface area is 118 Å². The Kier molecular flexibility index (Phi) is 5.88. The van der Waals surface area contributed by atoms with E-state index in [2.05, 4.69) is 4.98 Å². The maximum absolute atomic E-state index is 12.0. The van der Waals surface area contributed by atoms with E-state index in [-0.39, 0.29) is 18.2 Å². The number of hydrogen-bond donors (Lipinski definition) is 1. The van der Waals surface area contributed by atoms with Crippen LogP contribution in [0.15, 0.2) is 4.79 Å². The van der Waals surface area contributed by atoms with Crippen molar-refractivity contribution in [1.29, 1.82) is 0 Å². The number of carboxylic acid groups (broad SMARTS) is 1. The molecule has 0 saturated carbocycles. The predicted octanol–water partition coefficient (Wildman–Crippen LogP) is 1.30. The van der Waals surface area contributed by atoms with E-state index in [9.17, 15) is 9.59 Å². The van der Waals surface area contributed by atoms with Gasteiger partial charge < -0.3 is 9.84 Å². The molecule has 0 amide bonds. The van der Waals surface area contributed by atoms with Crippen molar-refractivity contribution in [3.05, 3.63) is 27.4 Å². The minimum Gasteiger partial charge on any atom is -0.481 e. The standard InChI is InChI=1S/C14H22N2O4/c1-5-20-9(2)8-16-11(4)12(6-7-13(17)18)10(3)15-14(16)19/h9H,5-8H2,1-4H3,(H,17,18). The molecule has 1 aromatic rings. The predicted molar refractivity (Wildman–Crippen MR) is 75.0 cm³/mol. The van der Waals surface area contributed by atoms with Crippen LogP contribution in [0.3, 0.4) is 0 Å². The van der Waals surface area contributed by atoms with Gasteiger partial charge in [-0.05, 0) is 39.7 Å². The summed E-state index contributed by atoms with van der Waals surface area (Å²) in [6.45, 7) is 8.36. The summed E-state index contributed by atoms with van der Waals surface area (Å²) in [5.74, 6) is -0.857. The summed E-state index contributed by atoms with van der Waals surface area (Å²) in [6, 6.07) is 0. The van der Waals surface area contributed by atoms with Crippen molar-refractivity contribution in [3.8, 4) is 0 Å². The van der Waals surface area contributed by atoms with Gasteiger partial charge in [-0.3, -0.25) is 9.36 Å². The van der Waals surface area contributed by atoms with E-state index in [0.29, 0.717) is 25.3 Å². The Balaban J connectivity index is 3.08. The number of aromatic nitrogens is 2. The minimum absolute atomic E-state index is 0.0303. The molecule has 0 bridgehead atoms. The van der Waals surface area contributed by atoms with Crippen molar-refractivity contribution >= 4 is 5.97 Å². The number of nitrogens with zero attached hydrogens (tertiary/aromatic N) is 2. The zero-order valence-electron chi connectivity index (χ0n) is 12.5. The lowest BCUT2D eigenvalue weighted by Gasteiger charge is -2.18. The van der Waals surface area contributed by atoms with Gasteiger partial charge in [-0.25, -0.2) is 4.79 Å². The fourth-order valence-corrected chi connectivity index (χ4v) is 2.24. The van der Waals surface area contributed by atoms with Crippen LogP contribution >= 0.6 is 0 Å². The molecule has 6 nitrogen and oxygen atoms in total. The molecule has 0 saturated heterocycles. The van der Waals surface area contributed by atoms with E-state index in [0.717, 1.165) is 11.3 Å². The Hall–Kier alpha value is -1.69. The highest BCUT2D eigenvalue weighted by Crippen LogP contribution is 2.12. The first-order chi connectivity index (χ1) is 9.36. The van der Waals surface area contributed by atoms with Crippen LogP contribution in [0.4, 0.5) is 0 Å². The molecule has 1 N–H and O–H groups in total. The van der Waals surface area contributed by atoms with Crippen LogP contribution in [-0.2, 0) is 22.5 Å². The van der Waals surface area contributed by atoms with Gasteiger partial charge in [-0.1, -0.05) is 0 Å². The number of hydrogen-bond acceptors (Lipinski definition) is 4. The molecule has 0 radical (unpaired) electrons. The van der Waals surface area contributed by atoms with Crippen LogP contribution in [0.1, 0.15) is 37.2 Å². The summed E-state index contributed by atoms with van der Waals surface area (Å²) in [5, 5.41) is 8.79. The summed E-state index contributed by atoms with van der Waals surface area (Å²) < 4.78 is 7.00. The number of rotatable bonds is 7. The molecule has 20 heavy (non-hydrogen) atoms. The first kappa shape index (κ1) is 16.4. The third-order valence-corrected chi connectivity index (χ3v) is 3.25. The van der Waals surface area contributed by atoms with Crippen LogP contribution in [0.25, 0.3) is 0 Å². The molecule has 0 fully saturated rings. The van der Waals surface area contributed by atoms with Gasteiger partial charge in [0.1, 0.15) is 0 Å². The van der Waals surface area contributed by atoms with Gasteiger partial charge in [0.05, 0.1) is 12.6 Å². The topological polar surface area (TPSA) is 81.4 Å². The minimum atomic E-state index is -0.857. The smallest absolute Gasteiger partial charge is 0.348 e. The third-order valence-electron chi connectivity index (χ3n) is 3.25. The lowest BCUT2D eigenvalue weighted by molar-refractivity contribution is -0.136. The first-order valence-corrected chi connectivity index (χ1v) is 6.77. The van der Waals surface area contributed by atoms with Crippen LogP contribution < -0.4 is 5.69 Å². The molecule has 1 heterocycles. The Bertz CT molecular complexity index is 537. The maximum Gasteiger partial charge on any atom is 0.348 e. The average Bonchev–Trinajstić information content (AvgIpc) is 2.34. The zero-order valence-corrected chi connectivity index (χ0v) is 12.5. The molecule has 0 aliphatic rings. The van der Waals surface area contributed by atoms with Crippen LogP contribution in [0.2, 0.25) is 0 Å². The van der Waals surface area contributed by atoms with Crippen molar-refractivity contribution in [1.82, 2.24) is 9.55 Å². The van der Waals surface area contributed by atoms with Gasteiger partial charge in [0.25, 0.3) is 0 Å². The van der Waals surface area contributed by atoms with Crippen molar-refractivity contribution < 1.29 is 14.6 Å². The summed E-state index contributed by atoms with van der Waals surface area (Å²) in [6.07, 6.45) is 0.319. The summed E-state index contributed by atoms with van der Waals surface area (Å²) >= 11 is 0. The number of aliphatic carboxylic acids is 1. The molecular formula is C14H22N2O4. The monoisotopic (exact) mass is 282 g/mol. The lowest BCUT2D eigenvalue weighted by atomic mass is 10.1. The van der Waals surface area contributed by atoms with E-state index in [1.807, 2.05) is 20.8 Å². The zero-order chi connectivity index (χ0) is 15.3. The third kappa shape index (κ3) is 4.16. The van der Waals surface area contributed by atoms with Crippen molar-refractivity contribution in [2.45, 2.75) is 53.2 Å². The maximum atomic E-state index is 12.0. The fraction of sp³-hybridized carbons (Fsp3) is 0.643. The number of carboxylic acids is 1. The average molecular weight is 282 g/mol. The van der Waals surface area contributed by atoms with Crippen molar-refractivity contribution in [2.24, 2.45) is 0 Å². The number of ether oxygens (including phenoxy) is 1. The van der Waals surface area contributed by atoms with E-state index in [1.165, 1.54) is 0 Å². The van der Waals surface area contributed by atoms with E-state index >= 15 is 0 Å². The Morgan fingerprint density at radius 2 is 2.10 bits per heavy atom. The quantitative estimate of drug-likeness (QED) is 0.815. The molecule has 0 aliphatic heterocycles. The Morgan fingerprint density at radius 3 is 2.65 bits per heavy atom. The molecule has 0 aliphatic carbocycles. The largest absolute Gasteiger partial charge is 0.481 e. The fourth-order valence-electron chi connectivity index (χ4n) is 2.24. The van der Waals surface area contributed by atoms with Crippen molar-refractivity contribution in [2.75, 3.05) is 6.61 Å². The van der Waals surface area contributed by atoms with E-state index in [1.54, 1.807) is 11.5 Å². The molecule has 0 spiro atoms. The second-order valence-electron chi connectivity index (χ2n) is 4.81. The van der Waals surface area contributed by atoms with Gasteiger partial charge >= 0.3 is 11.7 Å². The van der Waals surface area contributed by atoms with Gasteiger partial charge in [0, 0.05) is 24.4 Å². The molecule has 112 valence electrons. The Morgan fingerprint density at radius 1 is 1.45 bits per heavy atom. The van der Waals surface area contributed by atoms with E-state index < -0.39 is 5.97 Å². The van der Waals surface area contributed by atoms with Crippen LogP contribution in [0.5, 0.6) is 0 Å². The van der Waals surface area contributed by atoms with Crippen LogP contribution in [0, 0.1) is 13.8 Å². The van der Waals surface area contributed by atoms with Crippen LogP contribution in [-0.4, -0.2) is 33.3 Å². The summed E-state index contributed by atoms with van der Waals surface area (Å²) in [7, 11) is 0. The van der Waals surface area contributed by atoms with Gasteiger partial charge in [-0.15, -0.1) is 0 Å². The highest BCUT2D eigenvalue weighted by atomic mass is 16.5. The first-order valence-electron chi connectivity index (χ1n) is 6.77. The van der Waals surface area contributed by atoms with E-state index in [4.69, 9.17) is 9.84 Å². The summed E-state index contributed by atoms with van der Waals surface area (Å²) in [5.41, 5.74) is 1.89. The SMILES string of the molecule is CCOC(C)Cn1c(C)c(CCC(=O)O)c(C)nc1=O. The number of carbonyl (C=O) groups is 1.